The average molecular weight is 274 g/mol. The number of halogens is 5. The molecule has 0 heterocycles. The van der Waals surface area contributed by atoms with Gasteiger partial charge in [0.05, 0.1) is 5.56 Å². The summed E-state index contributed by atoms with van der Waals surface area (Å²) in [5, 5.41) is 0.0590. The fourth-order valence-corrected chi connectivity index (χ4v) is 1.47. The first-order chi connectivity index (χ1) is 6.84. The normalized spacial score (nSPS) is 13.1. The fraction of sp³-hybridized carbons (Fsp3) is 0.400. The molecule has 1 aromatic rings. The predicted molar refractivity (Wildman–Crippen MR) is 60.9 cm³/mol. The van der Waals surface area contributed by atoms with Crippen molar-refractivity contribution in [2.75, 3.05) is 0 Å². The summed E-state index contributed by atoms with van der Waals surface area (Å²) in [6, 6.07) is 2.99. The van der Waals surface area contributed by atoms with Crippen molar-refractivity contribution >= 4 is 24.0 Å². The van der Waals surface area contributed by atoms with Crippen molar-refractivity contribution in [2.45, 2.75) is 25.6 Å². The van der Waals surface area contributed by atoms with Crippen LogP contribution in [0.25, 0.3) is 0 Å². The topological polar surface area (TPSA) is 26.0 Å². The van der Waals surface area contributed by atoms with Gasteiger partial charge >= 0.3 is 6.18 Å². The van der Waals surface area contributed by atoms with Gasteiger partial charge in [0.25, 0.3) is 0 Å². The Labute approximate surface area is 103 Å². The van der Waals surface area contributed by atoms with Gasteiger partial charge < -0.3 is 5.73 Å². The first kappa shape index (κ1) is 15.6. The predicted octanol–water partition coefficient (Wildman–Crippen LogP) is 4.19. The first-order valence-corrected chi connectivity index (χ1v) is 4.85. The van der Waals surface area contributed by atoms with Crippen LogP contribution in [0.3, 0.4) is 0 Å². The number of rotatable bonds is 2. The zero-order chi connectivity index (χ0) is 11.6. The summed E-state index contributed by atoms with van der Waals surface area (Å²) in [4.78, 5) is 0. The molecule has 1 atom stereocenters. The van der Waals surface area contributed by atoms with E-state index in [1.807, 2.05) is 0 Å². The van der Waals surface area contributed by atoms with Gasteiger partial charge in [-0.15, -0.1) is 12.4 Å². The van der Waals surface area contributed by atoms with Crippen molar-refractivity contribution < 1.29 is 13.2 Å². The first-order valence-electron chi connectivity index (χ1n) is 4.48. The van der Waals surface area contributed by atoms with Crippen LogP contribution in [0, 0.1) is 0 Å². The summed E-state index contributed by atoms with van der Waals surface area (Å²) in [7, 11) is 0. The summed E-state index contributed by atoms with van der Waals surface area (Å²) in [6.45, 7) is 1.80. The van der Waals surface area contributed by atoms with Crippen molar-refractivity contribution in [3.8, 4) is 0 Å². The van der Waals surface area contributed by atoms with E-state index < -0.39 is 17.8 Å². The Hall–Kier alpha value is -0.450. The van der Waals surface area contributed by atoms with Gasteiger partial charge in [-0.25, -0.2) is 0 Å². The standard InChI is InChI=1S/C10H11ClF3N.ClH/c1-2-9(15)6-3-7(10(12,13)14)5-8(11)4-6;/h3-5,9H,2,15H2,1H3;1H/t9-;/m1./s1. The molecule has 1 rings (SSSR count). The van der Waals surface area contributed by atoms with E-state index in [4.69, 9.17) is 17.3 Å². The Morgan fingerprint density at radius 3 is 2.31 bits per heavy atom. The molecule has 1 aromatic carbocycles. The van der Waals surface area contributed by atoms with E-state index in [0.29, 0.717) is 12.0 Å². The molecule has 0 aliphatic carbocycles. The highest BCUT2D eigenvalue weighted by Gasteiger charge is 2.31. The molecule has 0 bridgehead atoms. The minimum Gasteiger partial charge on any atom is -0.324 e. The van der Waals surface area contributed by atoms with Crippen LogP contribution in [-0.2, 0) is 6.18 Å². The number of nitrogens with two attached hydrogens (primary N) is 1. The third-order valence-electron chi connectivity index (χ3n) is 2.12. The second-order valence-corrected chi connectivity index (χ2v) is 3.72. The molecular weight excluding hydrogens is 262 g/mol. The van der Waals surface area contributed by atoms with Gasteiger partial charge in [-0.2, -0.15) is 13.2 Å². The minimum absolute atomic E-state index is 0. The van der Waals surface area contributed by atoms with E-state index >= 15 is 0 Å². The van der Waals surface area contributed by atoms with Crippen LogP contribution in [-0.4, -0.2) is 0 Å². The van der Waals surface area contributed by atoms with E-state index in [2.05, 4.69) is 0 Å². The van der Waals surface area contributed by atoms with Crippen LogP contribution in [0.5, 0.6) is 0 Å². The Morgan fingerprint density at radius 2 is 1.88 bits per heavy atom. The molecule has 16 heavy (non-hydrogen) atoms. The molecular formula is C10H12Cl2F3N. The van der Waals surface area contributed by atoms with E-state index in [0.717, 1.165) is 12.1 Å². The number of benzene rings is 1. The molecule has 0 aromatic heterocycles. The number of alkyl halides is 3. The molecule has 0 fully saturated rings. The van der Waals surface area contributed by atoms with Crippen LogP contribution in [0.1, 0.15) is 30.5 Å². The maximum absolute atomic E-state index is 12.4. The summed E-state index contributed by atoms with van der Waals surface area (Å²) < 4.78 is 37.2. The van der Waals surface area contributed by atoms with Gasteiger partial charge in [-0.05, 0) is 30.2 Å². The highest BCUT2D eigenvalue weighted by Crippen LogP contribution is 2.33. The number of hydrogen-bond donors (Lipinski definition) is 1. The summed E-state index contributed by atoms with van der Waals surface area (Å²) in [5.74, 6) is 0. The second-order valence-electron chi connectivity index (χ2n) is 3.29. The minimum atomic E-state index is -4.38. The lowest BCUT2D eigenvalue weighted by Gasteiger charge is -2.13. The third-order valence-corrected chi connectivity index (χ3v) is 2.33. The Kier molecular flexibility index (Phi) is 5.59. The monoisotopic (exact) mass is 273 g/mol. The Balaban J connectivity index is 0.00000225. The largest absolute Gasteiger partial charge is 0.416 e. The molecule has 0 unspecified atom stereocenters. The third kappa shape index (κ3) is 3.85. The summed E-state index contributed by atoms with van der Waals surface area (Å²) in [5.41, 5.74) is 5.31. The molecule has 0 aliphatic heterocycles. The van der Waals surface area contributed by atoms with Crippen molar-refractivity contribution in [3.05, 3.63) is 34.3 Å². The lowest BCUT2D eigenvalue weighted by Crippen LogP contribution is -2.11. The SMILES string of the molecule is CC[C@@H](N)c1cc(Cl)cc(C(F)(F)F)c1.Cl. The molecule has 0 spiro atoms. The average Bonchev–Trinajstić information content (AvgIpc) is 2.14. The van der Waals surface area contributed by atoms with Crippen LogP contribution < -0.4 is 5.73 Å². The van der Waals surface area contributed by atoms with Crippen LogP contribution >= 0.6 is 24.0 Å². The van der Waals surface area contributed by atoms with E-state index in [1.54, 1.807) is 6.92 Å². The summed E-state index contributed by atoms with van der Waals surface area (Å²) in [6.07, 6.45) is -3.81. The highest BCUT2D eigenvalue weighted by molar-refractivity contribution is 6.30. The molecule has 0 radical (unpaired) electrons. The fourth-order valence-electron chi connectivity index (χ4n) is 1.23. The van der Waals surface area contributed by atoms with Crippen molar-refractivity contribution in [2.24, 2.45) is 5.73 Å². The van der Waals surface area contributed by atoms with Gasteiger partial charge in [-0.1, -0.05) is 18.5 Å². The zero-order valence-electron chi connectivity index (χ0n) is 8.51. The van der Waals surface area contributed by atoms with Crippen LogP contribution in [0.4, 0.5) is 13.2 Å². The molecule has 92 valence electrons. The Morgan fingerprint density at radius 1 is 1.31 bits per heavy atom. The molecule has 0 saturated heterocycles. The van der Waals surface area contributed by atoms with Crippen molar-refractivity contribution in [3.63, 3.8) is 0 Å². The van der Waals surface area contributed by atoms with Crippen LogP contribution in [0.15, 0.2) is 18.2 Å². The van der Waals surface area contributed by atoms with Gasteiger partial charge in [-0.3, -0.25) is 0 Å². The quantitative estimate of drug-likeness (QED) is 0.859. The van der Waals surface area contributed by atoms with Crippen molar-refractivity contribution in [1.82, 2.24) is 0 Å². The van der Waals surface area contributed by atoms with Gasteiger partial charge in [0.2, 0.25) is 0 Å². The maximum Gasteiger partial charge on any atom is 0.416 e. The van der Waals surface area contributed by atoms with Gasteiger partial charge in [0, 0.05) is 11.1 Å². The lowest BCUT2D eigenvalue weighted by molar-refractivity contribution is -0.137. The summed E-state index contributed by atoms with van der Waals surface area (Å²) >= 11 is 5.60. The zero-order valence-corrected chi connectivity index (χ0v) is 10.1. The molecule has 0 aliphatic rings. The maximum atomic E-state index is 12.4. The number of hydrogen-bond acceptors (Lipinski definition) is 1. The molecule has 6 heteroatoms. The van der Waals surface area contributed by atoms with E-state index in [-0.39, 0.29) is 17.4 Å². The van der Waals surface area contributed by atoms with E-state index in [9.17, 15) is 13.2 Å². The van der Waals surface area contributed by atoms with Crippen molar-refractivity contribution in [1.29, 1.82) is 0 Å². The van der Waals surface area contributed by atoms with Gasteiger partial charge in [0.1, 0.15) is 0 Å². The molecule has 0 amide bonds. The smallest absolute Gasteiger partial charge is 0.324 e. The highest BCUT2D eigenvalue weighted by atomic mass is 35.5. The lowest BCUT2D eigenvalue weighted by atomic mass is 10.0. The molecule has 0 saturated carbocycles. The van der Waals surface area contributed by atoms with E-state index in [1.165, 1.54) is 6.07 Å². The van der Waals surface area contributed by atoms with Gasteiger partial charge in [0.15, 0.2) is 0 Å². The second kappa shape index (κ2) is 5.75. The van der Waals surface area contributed by atoms with Crippen LogP contribution in [0.2, 0.25) is 5.02 Å². The molecule has 2 N–H and O–H groups in total. The Bertz CT molecular complexity index is 352. The molecule has 1 nitrogen and oxygen atoms in total.